The van der Waals surface area contributed by atoms with Gasteiger partial charge in [-0.1, -0.05) is 13.8 Å². The fourth-order valence-electron chi connectivity index (χ4n) is 3.48. The molecule has 3 heteroatoms. The summed E-state index contributed by atoms with van der Waals surface area (Å²) in [6, 6.07) is 0. The Morgan fingerprint density at radius 2 is 2.11 bits per heavy atom. The molecule has 0 aromatic heterocycles. The van der Waals surface area contributed by atoms with Crippen LogP contribution >= 0.6 is 0 Å². The SMILES string of the molecule is CC(C)C1CCCN(C(=O)CCC2CCNC2)CC1. The van der Waals surface area contributed by atoms with E-state index in [1.807, 2.05) is 0 Å². The molecule has 110 valence electrons. The van der Waals surface area contributed by atoms with Crippen molar-refractivity contribution in [2.24, 2.45) is 17.8 Å². The first-order chi connectivity index (χ1) is 9.16. The fourth-order valence-corrected chi connectivity index (χ4v) is 3.48. The van der Waals surface area contributed by atoms with E-state index in [1.54, 1.807) is 0 Å². The highest BCUT2D eigenvalue weighted by Crippen LogP contribution is 2.25. The molecule has 2 aliphatic rings. The second-order valence-electron chi connectivity index (χ2n) is 6.71. The van der Waals surface area contributed by atoms with Gasteiger partial charge in [0.15, 0.2) is 0 Å². The topological polar surface area (TPSA) is 32.3 Å². The molecule has 0 saturated carbocycles. The lowest BCUT2D eigenvalue weighted by molar-refractivity contribution is -0.131. The summed E-state index contributed by atoms with van der Waals surface area (Å²) in [6.45, 7) is 8.86. The van der Waals surface area contributed by atoms with Gasteiger partial charge in [0.2, 0.25) is 5.91 Å². The third-order valence-corrected chi connectivity index (χ3v) is 5.00. The number of nitrogens with zero attached hydrogens (tertiary/aromatic N) is 1. The number of carbonyl (C=O) groups excluding carboxylic acids is 1. The van der Waals surface area contributed by atoms with Crippen LogP contribution < -0.4 is 5.32 Å². The number of likely N-dealkylation sites (tertiary alicyclic amines) is 1. The molecule has 2 heterocycles. The van der Waals surface area contributed by atoms with E-state index in [0.29, 0.717) is 5.91 Å². The van der Waals surface area contributed by atoms with Crippen LogP contribution in [0.25, 0.3) is 0 Å². The molecule has 0 spiro atoms. The van der Waals surface area contributed by atoms with Gasteiger partial charge in [-0.15, -0.1) is 0 Å². The van der Waals surface area contributed by atoms with Crippen molar-refractivity contribution in [2.75, 3.05) is 26.2 Å². The zero-order valence-electron chi connectivity index (χ0n) is 12.7. The van der Waals surface area contributed by atoms with Crippen molar-refractivity contribution >= 4 is 5.91 Å². The first kappa shape index (κ1) is 14.8. The Labute approximate surface area is 118 Å². The van der Waals surface area contributed by atoms with Crippen LogP contribution in [-0.2, 0) is 4.79 Å². The number of rotatable bonds is 4. The molecule has 1 N–H and O–H groups in total. The van der Waals surface area contributed by atoms with Gasteiger partial charge in [0.05, 0.1) is 0 Å². The van der Waals surface area contributed by atoms with Gasteiger partial charge in [0.25, 0.3) is 0 Å². The second kappa shape index (κ2) is 7.28. The average molecular weight is 266 g/mol. The van der Waals surface area contributed by atoms with Gasteiger partial charge < -0.3 is 10.2 Å². The van der Waals surface area contributed by atoms with E-state index in [0.717, 1.165) is 56.8 Å². The first-order valence-corrected chi connectivity index (χ1v) is 8.15. The van der Waals surface area contributed by atoms with Gasteiger partial charge in [-0.2, -0.15) is 0 Å². The molecule has 2 fully saturated rings. The summed E-state index contributed by atoms with van der Waals surface area (Å²) in [5.41, 5.74) is 0. The molecule has 2 rings (SSSR count). The smallest absolute Gasteiger partial charge is 0.222 e. The molecule has 1 amide bonds. The van der Waals surface area contributed by atoms with Gasteiger partial charge in [-0.25, -0.2) is 0 Å². The van der Waals surface area contributed by atoms with Crippen molar-refractivity contribution < 1.29 is 4.79 Å². The Morgan fingerprint density at radius 3 is 2.79 bits per heavy atom. The molecule has 2 unspecified atom stereocenters. The van der Waals surface area contributed by atoms with Crippen molar-refractivity contribution in [2.45, 2.75) is 52.4 Å². The summed E-state index contributed by atoms with van der Waals surface area (Å²) in [5.74, 6) is 2.71. The van der Waals surface area contributed by atoms with Crippen LogP contribution in [0.1, 0.15) is 52.4 Å². The maximum atomic E-state index is 12.3. The predicted molar refractivity (Wildman–Crippen MR) is 79.0 cm³/mol. The van der Waals surface area contributed by atoms with Crippen LogP contribution in [0, 0.1) is 17.8 Å². The Hall–Kier alpha value is -0.570. The second-order valence-corrected chi connectivity index (χ2v) is 6.71. The van der Waals surface area contributed by atoms with Crippen LogP contribution in [0.5, 0.6) is 0 Å². The molecule has 0 bridgehead atoms. The van der Waals surface area contributed by atoms with Crippen molar-refractivity contribution in [1.82, 2.24) is 10.2 Å². The maximum Gasteiger partial charge on any atom is 0.222 e. The van der Waals surface area contributed by atoms with Crippen molar-refractivity contribution in [3.63, 3.8) is 0 Å². The quantitative estimate of drug-likeness (QED) is 0.848. The number of hydrogen-bond acceptors (Lipinski definition) is 2. The lowest BCUT2D eigenvalue weighted by Gasteiger charge is -2.22. The van der Waals surface area contributed by atoms with Crippen molar-refractivity contribution in [3.8, 4) is 0 Å². The van der Waals surface area contributed by atoms with Gasteiger partial charge in [-0.3, -0.25) is 4.79 Å². The summed E-state index contributed by atoms with van der Waals surface area (Å²) in [4.78, 5) is 14.4. The van der Waals surface area contributed by atoms with Gasteiger partial charge >= 0.3 is 0 Å². The van der Waals surface area contributed by atoms with E-state index in [2.05, 4.69) is 24.1 Å². The van der Waals surface area contributed by atoms with Crippen LogP contribution in [0.4, 0.5) is 0 Å². The van der Waals surface area contributed by atoms with E-state index >= 15 is 0 Å². The summed E-state index contributed by atoms with van der Waals surface area (Å²) in [7, 11) is 0. The summed E-state index contributed by atoms with van der Waals surface area (Å²) in [5, 5.41) is 3.38. The van der Waals surface area contributed by atoms with Crippen LogP contribution in [-0.4, -0.2) is 37.0 Å². The Morgan fingerprint density at radius 1 is 1.26 bits per heavy atom. The monoisotopic (exact) mass is 266 g/mol. The maximum absolute atomic E-state index is 12.3. The Balaban J connectivity index is 1.72. The number of hydrogen-bond donors (Lipinski definition) is 1. The average Bonchev–Trinajstić information content (AvgIpc) is 2.77. The predicted octanol–water partition coefficient (Wildman–Crippen LogP) is 2.66. The minimum atomic E-state index is 0.399. The summed E-state index contributed by atoms with van der Waals surface area (Å²) >= 11 is 0. The van der Waals surface area contributed by atoms with E-state index in [1.165, 1.54) is 25.7 Å². The standard InChI is InChI=1S/C16H30N2O/c1-13(2)15-4-3-10-18(11-8-15)16(19)6-5-14-7-9-17-12-14/h13-15,17H,3-12H2,1-2H3. The molecule has 3 nitrogen and oxygen atoms in total. The van der Waals surface area contributed by atoms with Crippen molar-refractivity contribution in [1.29, 1.82) is 0 Å². The molecule has 19 heavy (non-hydrogen) atoms. The fraction of sp³-hybridized carbons (Fsp3) is 0.938. The molecule has 2 aliphatic heterocycles. The summed E-state index contributed by atoms with van der Waals surface area (Å²) in [6.07, 6.45) is 6.79. The molecule has 0 radical (unpaired) electrons. The van der Waals surface area contributed by atoms with E-state index in [-0.39, 0.29) is 0 Å². The van der Waals surface area contributed by atoms with Gasteiger partial charge in [-0.05, 0) is 62.9 Å². The minimum Gasteiger partial charge on any atom is -0.343 e. The Kier molecular flexibility index (Phi) is 5.68. The molecule has 0 aromatic carbocycles. The van der Waals surface area contributed by atoms with E-state index < -0.39 is 0 Å². The lowest BCUT2D eigenvalue weighted by atomic mass is 9.89. The van der Waals surface area contributed by atoms with Gasteiger partial charge in [0.1, 0.15) is 0 Å². The molecule has 2 atom stereocenters. The third kappa shape index (κ3) is 4.48. The highest BCUT2D eigenvalue weighted by atomic mass is 16.2. The third-order valence-electron chi connectivity index (χ3n) is 5.00. The molecule has 0 aromatic rings. The highest BCUT2D eigenvalue weighted by molar-refractivity contribution is 5.76. The Bertz CT molecular complexity index is 284. The molecular weight excluding hydrogens is 236 g/mol. The molecule has 0 aliphatic carbocycles. The summed E-state index contributed by atoms with van der Waals surface area (Å²) < 4.78 is 0. The molecular formula is C16H30N2O. The highest BCUT2D eigenvalue weighted by Gasteiger charge is 2.23. The minimum absolute atomic E-state index is 0.399. The number of carbonyl (C=O) groups is 1. The zero-order valence-corrected chi connectivity index (χ0v) is 12.7. The van der Waals surface area contributed by atoms with Crippen LogP contribution in [0.3, 0.4) is 0 Å². The number of nitrogens with one attached hydrogen (secondary N) is 1. The van der Waals surface area contributed by atoms with Crippen molar-refractivity contribution in [3.05, 3.63) is 0 Å². The normalized spacial score (nSPS) is 28.7. The largest absolute Gasteiger partial charge is 0.343 e. The first-order valence-electron chi connectivity index (χ1n) is 8.15. The van der Waals surface area contributed by atoms with Crippen LogP contribution in [0.15, 0.2) is 0 Å². The van der Waals surface area contributed by atoms with E-state index in [9.17, 15) is 4.79 Å². The van der Waals surface area contributed by atoms with Crippen LogP contribution in [0.2, 0.25) is 0 Å². The molecule has 2 saturated heterocycles. The van der Waals surface area contributed by atoms with E-state index in [4.69, 9.17) is 0 Å². The lowest BCUT2D eigenvalue weighted by Crippen LogP contribution is -2.32. The van der Waals surface area contributed by atoms with Gasteiger partial charge in [0, 0.05) is 19.5 Å². The number of amides is 1. The zero-order chi connectivity index (χ0) is 13.7.